The van der Waals surface area contributed by atoms with Crippen LogP contribution in [0.2, 0.25) is 0 Å². The Morgan fingerprint density at radius 2 is 1.90 bits per heavy atom. The summed E-state index contributed by atoms with van der Waals surface area (Å²) in [6.07, 6.45) is 4.42. The number of amides is 2. The number of imide groups is 1. The minimum atomic E-state index is -1.10. The van der Waals surface area contributed by atoms with Crippen molar-refractivity contribution in [2.75, 3.05) is 6.54 Å². The Balaban J connectivity index is 1.81. The third-order valence-electron chi connectivity index (χ3n) is 4.20. The summed E-state index contributed by atoms with van der Waals surface area (Å²) in [5, 5.41) is 8.94. The Morgan fingerprint density at radius 3 is 2.50 bits per heavy atom. The molecule has 0 saturated heterocycles. The fourth-order valence-corrected chi connectivity index (χ4v) is 2.72. The quantitative estimate of drug-likeness (QED) is 0.853. The fourth-order valence-electron chi connectivity index (χ4n) is 2.72. The normalized spacial score (nSPS) is 18.1. The second-order valence-corrected chi connectivity index (χ2v) is 5.41. The van der Waals surface area contributed by atoms with E-state index >= 15 is 0 Å². The third kappa shape index (κ3) is 1.99. The molecule has 1 saturated carbocycles. The van der Waals surface area contributed by atoms with Crippen LogP contribution in [-0.2, 0) is 0 Å². The van der Waals surface area contributed by atoms with Crippen molar-refractivity contribution in [3.05, 3.63) is 34.9 Å². The summed E-state index contributed by atoms with van der Waals surface area (Å²) in [6.45, 7) is 0.430. The highest BCUT2D eigenvalue weighted by Gasteiger charge is 2.36. The number of nitrogens with zero attached hydrogens (tertiary/aromatic N) is 1. The molecule has 0 aromatic heterocycles. The van der Waals surface area contributed by atoms with Gasteiger partial charge in [-0.3, -0.25) is 14.5 Å². The van der Waals surface area contributed by atoms with Crippen LogP contribution in [0.15, 0.2) is 18.2 Å². The lowest BCUT2D eigenvalue weighted by molar-refractivity contribution is 0.0636. The van der Waals surface area contributed by atoms with E-state index < -0.39 is 5.97 Å². The Bertz CT molecular complexity index is 604. The zero-order chi connectivity index (χ0) is 14.3. The molecule has 0 radical (unpaired) electrons. The van der Waals surface area contributed by atoms with Crippen LogP contribution in [0.1, 0.15) is 56.8 Å². The van der Waals surface area contributed by atoms with Gasteiger partial charge in [-0.05, 0) is 30.5 Å². The van der Waals surface area contributed by atoms with E-state index in [-0.39, 0.29) is 22.9 Å². The number of benzene rings is 1. The topological polar surface area (TPSA) is 74.7 Å². The summed E-state index contributed by atoms with van der Waals surface area (Å²) in [7, 11) is 0. The Kier molecular flexibility index (Phi) is 3.04. The lowest BCUT2D eigenvalue weighted by Crippen LogP contribution is -2.32. The molecule has 1 aliphatic heterocycles. The number of carboxylic acid groups (broad SMARTS) is 1. The number of hydrogen-bond acceptors (Lipinski definition) is 3. The average molecular weight is 273 g/mol. The van der Waals surface area contributed by atoms with Gasteiger partial charge in [0, 0.05) is 6.54 Å². The van der Waals surface area contributed by atoms with Crippen molar-refractivity contribution in [1.82, 2.24) is 4.90 Å². The molecule has 1 aromatic rings. The van der Waals surface area contributed by atoms with Crippen LogP contribution in [-0.4, -0.2) is 34.3 Å². The maximum absolute atomic E-state index is 12.2. The molecule has 1 aliphatic carbocycles. The first-order valence-corrected chi connectivity index (χ1v) is 6.81. The predicted octanol–water partition coefficient (Wildman–Crippen LogP) is 2.17. The van der Waals surface area contributed by atoms with Crippen LogP contribution in [0.5, 0.6) is 0 Å². The molecule has 0 bridgehead atoms. The minimum absolute atomic E-state index is 0.0331. The molecule has 2 aliphatic rings. The molecule has 104 valence electrons. The van der Waals surface area contributed by atoms with Gasteiger partial charge in [0.15, 0.2) is 0 Å². The first-order valence-electron chi connectivity index (χ1n) is 6.81. The van der Waals surface area contributed by atoms with Crippen LogP contribution >= 0.6 is 0 Å². The van der Waals surface area contributed by atoms with Crippen molar-refractivity contribution >= 4 is 17.8 Å². The second-order valence-electron chi connectivity index (χ2n) is 5.41. The smallest absolute Gasteiger partial charge is 0.335 e. The lowest BCUT2D eigenvalue weighted by Gasteiger charge is -2.26. The van der Waals surface area contributed by atoms with E-state index in [1.807, 2.05) is 0 Å². The molecule has 5 nitrogen and oxygen atoms in total. The van der Waals surface area contributed by atoms with E-state index in [4.69, 9.17) is 5.11 Å². The van der Waals surface area contributed by atoms with Crippen LogP contribution in [0, 0.1) is 5.92 Å². The Morgan fingerprint density at radius 1 is 1.20 bits per heavy atom. The van der Waals surface area contributed by atoms with Gasteiger partial charge >= 0.3 is 5.97 Å². The standard InChI is InChI=1S/C15H15NO4/c17-13-11-5-4-10(15(19)20)8-12(11)14(18)16(13)7-6-9-2-1-3-9/h4-5,8-9H,1-3,6-7H2,(H,19,20). The maximum Gasteiger partial charge on any atom is 0.335 e. The largest absolute Gasteiger partial charge is 0.478 e. The van der Waals surface area contributed by atoms with Gasteiger partial charge in [-0.1, -0.05) is 19.3 Å². The number of carboxylic acids is 1. The van der Waals surface area contributed by atoms with Crippen molar-refractivity contribution in [1.29, 1.82) is 0 Å². The minimum Gasteiger partial charge on any atom is -0.478 e. The molecule has 1 aromatic carbocycles. The van der Waals surface area contributed by atoms with Crippen LogP contribution in [0.25, 0.3) is 0 Å². The molecule has 2 amide bonds. The monoisotopic (exact) mass is 273 g/mol. The first kappa shape index (κ1) is 12.8. The molecular formula is C15H15NO4. The van der Waals surface area contributed by atoms with Crippen molar-refractivity contribution < 1.29 is 19.5 Å². The van der Waals surface area contributed by atoms with E-state index in [0.717, 1.165) is 6.42 Å². The summed E-state index contributed by atoms with van der Waals surface area (Å²) >= 11 is 0. The maximum atomic E-state index is 12.2. The fraction of sp³-hybridized carbons (Fsp3) is 0.400. The van der Waals surface area contributed by atoms with Crippen LogP contribution < -0.4 is 0 Å². The summed E-state index contributed by atoms with van der Waals surface area (Å²) in [4.78, 5) is 36.5. The number of aromatic carboxylic acids is 1. The van der Waals surface area contributed by atoms with E-state index in [1.54, 1.807) is 0 Å². The molecule has 5 heteroatoms. The van der Waals surface area contributed by atoms with Gasteiger partial charge in [0.2, 0.25) is 0 Å². The molecule has 1 fully saturated rings. The number of fused-ring (bicyclic) bond motifs is 1. The van der Waals surface area contributed by atoms with E-state index in [2.05, 4.69) is 0 Å². The molecule has 0 spiro atoms. The zero-order valence-electron chi connectivity index (χ0n) is 11.0. The molecule has 0 atom stereocenters. The SMILES string of the molecule is O=C(O)c1ccc2c(c1)C(=O)N(CCC1CCC1)C2=O. The number of carbonyl (C=O) groups excluding carboxylic acids is 2. The van der Waals surface area contributed by atoms with Crippen molar-refractivity contribution in [2.45, 2.75) is 25.7 Å². The van der Waals surface area contributed by atoms with Gasteiger partial charge in [0.1, 0.15) is 0 Å². The summed E-state index contributed by atoms with van der Waals surface area (Å²) in [6, 6.07) is 4.09. The highest BCUT2D eigenvalue weighted by Crippen LogP contribution is 2.31. The van der Waals surface area contributed by atoms with E-state index in [9.17, 15) is 14.4 Å². The highest BCUT2D eigenvalue weighted by molar-refractivity contribution is 6.21. The number of rotatable bonds is 4. The molecule has 3 rings (SSSR count). The Labute approximate surface area is 116 Å². The van der Waals surface area contributed by atoms with Gasteiger partial charge in [-0.25, -0.2) is 4.79 Å². The average Bonchev–Trinajstić information content (AvgIpc) is 2.61. The van der Waals surface area contributed by atoms with Gasteiger partial charge in [-0.15, -0.1) is 0 Å². The van der Waals surface area contributed by atoms with Crippen LogP contribution in [0.3, 0.4) is 0 Å². The molecule has 1 heterocycles. The van der Waals surface area contributed by atoms with E-state index in [0.29, 0.717) is 18.0 Å². The van der Waals surface area contributed by atoms with Crippen LogP contribution in [0.4, 0.5) is 0 Å². The highest BCUT2D eigenvalue weighted by atomic mass is 16.4. The van der Waals surface area contributed by atoms with Crippen molar-refractivity contribution in [3.8, 4) is 0 Å². The summed E-state index contributed by atoms with van der Waals surface area (Å²) in [5.41, 5.74) is 0.558. The Hall–Kier alpha value is -2.17. The van der Waals surface area contributed by atoms with Gasteiger partial charge in [0.25, 0.3) is 11.8 Å². The van der Waals surface area contributed by atoms with Gasteiger partial charge in [0.05, 0.1) is 16.7 Å². The third-order valence-corrected chi connectivity index (χ3v) is 4.20. The van der Waals surface area contributed by atoms with E-state index in [1.165, 1.54) is 42.4 Å². The molecule has 20 heavy (non-hydrogen) atoms. The van der Waals surface area contributed by atoms with Crippen molar-refractivity contribution in [3.63, 3.8) is 0 Å². The molecular weight excluding hydrogens is 258 g/mol. The summed E-state index contributed by atoms with van der Waals surface area (Å²) in [5.74, 6) is -1.15. The predicted molar refractivity (Wildman–Crippen MR) is 70.7 cm³/mol. The summed E-state index contributed by atoms with van der Waals surface area (Å²) < 4.78 is 0. The lowest BCUT2D eigenvalue weighted by atomic mass is 9.83. The second kappa shape index (κ2) is 4.74. The first-order chi connectivity index (χ1) is 9.58. The van der Waals surface area contributed by atoms with Gasteiger partial charge in [-0.2, -0.15) is 0 Å². The van der Waals surface area contributed by atoms with Crippen molar-refractivity contribution in [2.24, 2.45) is 5.92 Å². The molecule has 0 unspecified atom stereocenters. The molecule has 1 N–H and O–H groups in total. The number of carbonyl (C=O) groups is 3. The zero-order valence-corrected chi connectivity index (χ0v) is 11.0. The van der Waals surface area contributed by atoms with Gasteiger partial charge < -0.3 is 5.11 Å². The number of hydrogen-bond donors (Lipinski definition) is 1.